The number of carbonyl (C=O) groups is 2. The maximum Gasteiger partial charge on any atom is 0.248 e. The quantitative estimate of drug-likeness (QED) is 0.698. The fraction of sp³-hybridized carbons (Fsp3) is 0.875. The first-order valence-corrected chi connectivity index (χ1v) is 8.20. The Labute approximate surface area is 128 Å². The van der Waals surface area contributed by atoms with Crippen molar-refractivity contribution in [3.63, 3.8) is 0 Å². The molecular weight excluding hydrogens is 268 g/mol. The third kappa shape index (κ3) is 4.43. The van der Waals surface area contributed by atoms with Crippen LogP contribution in [0.25, 0.3) is 0 Å². The Morgan fingerprint density at radius 2 is 1.90 bits per heavy atom. The van der Waals surface area contributed by atoms with E-state index in [2.05, 4.69) is 12.2 Å². The van der Waals surface area contributed by atoms with Gasteiger partial charge in [0, 0.05) is 25.6 Å². The van der Waals surface area contributed by atoms with Gasteiger partial charge >= 0.3 is 0 Å². The van der Waals surface area contributed by atoms with Gasteiger partial charge in [0.15, 0.2) is 0 Å². The number of unbranched alkanes of at least 4 members (excludes halogenated alkanes) is 1. The van der Waals surface area contributed by atoms with Crippen molar-refractivity contribution >= 4 is 11.8 Å². The molecule has 1 aliphatic heterocycles. The summed E-state index contributed by atoms with van der Waals surface area (Å²) in [4.78, 5) is 26.7. The molecule has 0 aromatic heterocycles. The molecule has 0 aromatic carbocycles. The summed E-state index contributed by atoms with van der Waals surface area (Å²) < 4.78 is 5.58. The SMILES string of the molecule is CCCCOCCN1C(=O)C(CC)(CC)NC(=O)CC1C. The van der Waals surface area contributed by atoms with Crippen LogP contribution in [0.1, 0.15) is 59.8 Å². The summed E-state index contributed by atoms with van der Waals surface area (Å²) >= 11 is 0. The minimum atomic E-state index is -0.745. The zero-order valence-corrected chi connectivity index (χ0v) is 13.9. The molecule has 0 radical (unpaired) electrons. The predicted molar refractivity (Wildman–Crippen MR) is 83.0 cm³/mol. The summed E-state index contributed by atoms with van der Waals surface area (Å²) in [7, 11) is 0. The normalized spacial score (nSPS) is 22.1. The van der Waals surface area contributed by atoms with Gasteiger partial charge in [-0.1, -0.05) is 27.2 Å². The fourth-order valence-corrected chi connectivity index (χ4v) is 2.79. The molecule has 122 valence electrons. The van der Waals surface area contributed by atoms with Crippen LogP contribution < -0.4 is 5.32 Å². The molecule has 1 atom stereocenters. The predicted octanol–water partition coefficient (Wildman–Crippen LogP) is 2.10. The van der Waals surface area contributed by atoms with Crippen molar-refractivity contribution in [2.45, 2.75) is 71.4 Å². The van der Waals surface area contributed by atoms with Gasteiger partial charge in [0.25, 0.3) is 0 Å². The first-order valence-electron chi connectivity index (χ1n) is 8.20. The second kappa shape index (κ2) is 8.37. The van der Waals surface area contributed by atoms with Gasteiger partial charge in [0.05, 0.1) is 6.61 Å². The highest BCUT2D eigenvalue weighted by molar-refractivity contribution is 5.93. The summed E-state index contributed by atoms with van der Waals surface area (Å²) in [6.07, 6.45) is 3.74. The number of ether oxygens (including phenoxy) is 1. The summed E-state index contributed by atoms with van der Waals surface area (Å²) in [5, 5.41) is 2.94. The van der Waals surface area contributed by atoms with Crippen molar-refractivity contribution in [2.75, 3.05) is 19.8 Å². The van der Waals surface area contributed by atoms with Crippen molar-refractivity contribution in [2.24, 2.45) is 0 Å². The fourth-order valence-electron chi connectivity index (χ4n) is 2.79. The zero-order valence-electron chi connectivity index (χ0n) is 13.9. The second-order valence-electron chi connectivity index (χ2n) is 5.86. The topological polar surface area (TPSA) is 58.6 Å². The van der Waals surface area contributed by atoms with Crippen LogP contribution in [-0.4, -0.2) is 48.1 Å². The second-order valence-corrected chi connectivity index (χ2v) is 5.86. The molecule has 0 saturated carbocycles. The van der Waals surface area contributed by atoms with Gasteiger partial charge in [-0.2, -0.15) is 0 Å². The molecule has 0 spiro atoms. The summed E-state index contributed by atoms with van der Waals surface area (Å²) in [6, 6.07) is -0.0766. The molecule has 1 heterocycles. The lowest BCUT2D eigenvalue weighted by atomic mass is 9.91. The minimum Gasteiger partial charge on any atom is -0.380 e. The van der Waals surface area contributed by atoms with E-state index in [0.29, 0.717) is 32.4 Å². The smallest absolute Gasteiger partial charge is 0.248 e. The van der Waals surface area contributed by atoms with E-state index in [1.54, 1.807) is 0 Å². The van der Waals surface area contributed by atoms with Crippen LogP contribution in [0, 0.1) is 0 Å². The Morgan fingerprint density at radius 1 is 1.24 bits per heavy atom. The Hall–Kier alpha value is -1.10. The Bertz CT molecular complexity index is 353. The van der Waals surface area contributed by atoms with E-state index in [4.69, 9.17) is 4.74 Å². The Morgan fingerprint density at radius 3 is 2.48 bits per heavy atom. The van der Waals surface area contributed by atoms with E-state index in [-0.39, 0.29) is 17.9 Å². The number of carbonyl (C=O) groups excluding carboxylic acids is 2. The van der Waals surface area contributed by atoms with E-state index in [0.717, 1.165) is 19.4 Å². The number of nitrogens with zero attached hydrogens (tertiary/aromatic N) is 1. The van der Waals surface area contributed by atoms with Crippen molar-refractivity contribution < 1.29 is 14.3 Å². The first kappa shape index (κ1) is 18.0. The molecule has 1 aliphatic rings. The highest BCUT2D eigenvalue weighted by Crippen LogP contribution is 2.24. The molecule has 1 rings (SSSR count). The van der Waals surface area contributed by atoms with Gasteiger partial charge < -0.3 is 15.0 Å². The monoisotopic (exact) mass is 298 g/mol. The highest BCUT2D eigenvalue weighted by atomic mass is 16.5. The van der Waals surface area contributed by atoms with Crippen LogP contribution in [-0.2, 0) is 14.3 Å². The largest absolute Gasteiger partial charge is 0.380 e. The average Bonchev–Trinajstić information content (AvgIpc) is 2.55. The van der Waals surface area contributed by atoms with Gasteiger partial charge in [-0.3, -0.25) is 9.59 Å². The Balaban J connectivity index is 2.74. The third-order valence-corrected chi connectivity index (χ3v) is 4.39. The lowest BCUT2D eigenvalue weighted by Crippen LogP contribution is -2.57. The van der Waals surface area contributed by atoms with Gasteiger partial charge in [-0.15, -0.1) is 0 Å². The average molecular weight is 298 g/mol. The zero-order chi connectivity index (χ0) is 15.9. The lowest BCUT2D eigenvalue weighted by molar-refractivity contribution is -0.141. The molecular formula is C16H30N2O3. The van der Waals surface area contributed by atoms with E-state index in [9.17, 15) is 9.59 Å². The third-order valence-electron chi connectivity index (χ3n) is 4.39. The molecule has 0 aliphatic carbocycles. The maximum atomic E-state index is 12.9. The van der Waals surface area contributed by atoms with E-state index in [1.807, 2.05) is 25.7 Å². The number of hydrogen-bond donors (Lipinski definition) is 1. The van der Waals surface area contributed by atoms with E-state index >= 15 is 0 Å². The van der Waals surface area contributed by atoms with Crippen molar-refractivity contribution in [3.8, 4) is 0 Å². The molecule has 1 fully saturated rings. The maximum absolute atomic E-state index is 12.9. The molecule has 1 unspecified atom stereocenters. The van der Waals surface area contributed by atoms with Crippen LogP contribution in [0.2, 0.25) is 0 Å². The van der Waals surface area contributed by atoms with Gasteiger partial charge in [-0.05, 0) is 26.2 Å². The molecule has 21 heavy (non-hydrogen) atoms. The van der Waals surface area contributed by atoms with Gasteiger partial charge in [0.1, 0.15) is 5.54 Å². The Kier molecular flexibility index (Phi) is 7.15. The number of hydrogen-bond acceptors (Lipinski definition) is 3. The molecule has 5 nitrogen and oxygen atoms in total. The number of rotatable bonds is 8. The minimum absolute atomic E-state index is 0.0324. The molecule has 0 aromatic rings. The van der Waals surface area contributed by atoms with E-state index in [1.165, 1.54) is 0 Å². The molecule has 1 saturated heterocycles. The van der Waals surface area contributed by atoms with E-state index < -0.39 is 5.54 Å². The summed E-state index contributed by atoms with van der Waals surface area (Å²) in [5.74, 6) is -0.00103. The number of amides is 2. The molecule has 2 amide bonds. The highest BCUT2D eigenvalue weighted by Gasteiger charge is 2.43. The molecule has 0 bridgehead atoms. The molecule has 5 heteroatoms. The summed E-state index contributed by atoms with van der Waals surface area (Å²) in [5.41, 5.74) is -0.745. The van der Waals surface area contributed by atoms with Crippen LogP contribution in [0.4, 0.5) is 0 Å². The van der Waals surface area contributed by atoms with Gasteiger partial charge in [-0.25, -0.2) is 0 Å². The van der Waals surface area contributed by atoms with Crippen molar-refractivity contribution in [1.29, 1.82) is 0 Å². The standard InChI is InChI=1S/C16H30N2O3/c1-5-8-10-21-11-9-18-13(4)12-14(19)17-16(6-2,7-3)15(18)20/h13H,5-12H2,1-4H3,(H,17,19). The van der Waals surface area contributed by atoms with Crippen LogP contribution in [0.3, 0.4) is 0 Å². The lowest BCUT2D eigenvalue weighted by Gasteiger charge is -2.35. The van der Waals surface area contributed by atoms with Crippen LogP contribution >= 0.6 is 0 Å². The first-order chi connectivity index (χ1) is 10.0. The van der Waals surface area contributed by atoms with Gasteiger partial charge in [0.2, 0.25) is 11.8 Å². The summed E-state index contributed by atoms with van der Waals surface area (Å²) in [6.45, 7) is 9.79. The van der Waals surface area contributed by atoms with Crippen LogP contribution in [0.15, 0.2) is 0 Å². The van der Waals surface area contributed by atoms with Crippen molar-refractivity contribution in [3.05, 3.63) is 0 Å². The number of nitrogens with one attached hydrogen (secondary N) is 1. The van der Waals surface area contributed by atoms with Crippen LogP contribution in [0.5, 0.6) is 0 Å². The van der Waals surface area contributed by atoms with Crippen molar-refractivity contribution in [1.82, 2.24) is 10.2 Å². The molecule has 1 N–H and O–H groups in total.